The van der Waals surface area contributed by atoms with E-state index >= 15 is 0 Å². The second-order valence-electron chi connectivity index (χ2n) is 8.05. The Kier molecular flexibility index (Phi) is 5.96. The Morgan fingerprint density at radius 1 is 0.848 bits per heavy atom. The monoisotopic (exact) mass is 443 g/mol. The molecule has 7 nitrogen and oxygen atoms in total. The van der Waals surface area contributed by atoms with Gasteiger partial charge in [0.25, 0.3) is 17.4 Å². The normalized spacial score (nSPS) is 12.8. The number of hydrogen-bond donors (Lipinski definition) is 2. The van der Waals surface area contributed by atoms with Crippen LogP contribution in [0.25, 0.3) is 0 Å². The molecule has 0 fully saturated rings. The smallest absolute Gasteiger partial charge is 0.267 e. The van der Waals surface area contributed by atoms with Gasteiger partial charge in [-0.15, -0.1) is 0 Å². The number of nitrogens with one attached hydrogen (secondary N) is 2. The number of aromatic nitrogens is 1. The van der Waals surface area contributed by atoms with E-state index in [1.807, 2.05) is 38.1 Å². The number of fused-ring (bicyclic) bond motifs is 1. The molecule has 0 spiro atoms. The van der Waals surface area contributed by atoms with Crippen molar-refractivity contribution in [2.24, 2.45) is 0 Å². The molecule has 33 heavy (non-hydrogen) atoms. The Morgan fingerprint density at radius 3 is 1.97 bits per heavy atom. The maximum Gasteiger partial charge on any atom is 0.267 e. The summed E-state index contributed by atoms with van der Waals surface area (Å²) in [6, 6.07) is 14.5. The number of hydrogen-bond acceptors (Lipinski definition) is 4. The Hall–Kier alpha value is -4.00. The molecule has 7 heteroatoms. The number of nitrogens with zero attached hydrogens (tertiary/aromatic N) is 1. The standard InChI is InChI=1S/C26H25N3O4/c1-4-16-6-10-18(11-7-16)28-21(30)14-20-23-22(15(3)27-24(20)31)25(32)29(26(23)33)19-12-8-17(5-2)9-13-19/h6-13H,4-5,14H2,1-3H3,(H,27,31)(H,28,30). The number of imide groups is 1. The van der Waals surface area contributed by atoms with Crippen LogP contribution in [0, 0.1) is 6.92 Å². The average Bonchev–Trinajstić information content (AvgIpc) is 3.07. The van der Waals surface area contributed by atoms with Gasteiger partial charge in [0.1, 0.15) is 0 Å². The van der Waals surface area contributed by atoms with Gasteiger partial charge in [0.2, 0.25) is 5.91 Å². The van der Waals surface area contributed by atoms with E-state index in [1.54, 1.807) is 31.2 Å². The molecule has 0 saturated carbocycles. The molecule has 1 aliphatic heterocycles. The van der Waals surface area contributed by atoms with Crippen molar-refractivity contribution >= 4 is 29.1 Å². The van der Waals surface area contributed by atoms with Gasteiger partial charge in [-0.2, -0.15) is 0 Å². The van der Waals surface area contributed by atoms with Crippen molar-refractivity contribution in [3.05, 3.63) is 92.4 Å². The lowest BCUT2D eigenvalue weighted by Gasteiger charge is -2.14. The largest absolute Gasteiger partial charge is 0.326 e. The van der Waals surface area contributed by atoms with Crippen molar-refractivity contribution in [1.29, 1.82) is 0 Å². The highest BCUT2D eigenvalue weighted by atomic mass is 16.2. The maximum absolute atomic E-state index is 13.3. The molecular formula is C26H25N3O4. The number of pyridine rings is 1. The summed E-state index contributed by atoms with van der Waals surface area (Å²) in [6.07, 6.45) is 1.39. The van der Waals surface area contributed by atoms with Gasteiger partial charge < -0.3 is 10.3 Å². The first-order valence-electron chi connectivity index (χ1n) is 11.0. The summed E-state index contributed by atoms with van der Waals surface area (Å²) in [7, 11) is 0. The van der Waals surface area contributed by atoms with E-state index in [4.69, 9.17) is 0 Å². The second kappa shape index (κ2) is 8.86. The van der Waals surface area contributed by atoms with Crippen LogP contribution in [0.3, 0.4) is 0 Å². The number of rotatable bonds is 6. The van der Waals surface area contributed by atoms with Crippen LogP contribution in [0.5, 0.6) is 0 Å². The molecule has 3 amide bonds. The van der Waals surface area contributed by atoms with Gasteiger partial charge in [-0.1, -0.05) is 38.1 Å². The van der Waals surface area contributed by atoms with Gasteiger partial charge in [0, 0.05) is 16.9 Å². The highest BCUT2D eigenvalue weighted by Crippen LogP contribution is 2.31. The first-order valence-corrected chi connectivity index (χ1v) is 11.0. The summed E-state index contributed by atoms with van der Waals surface area (Å²) in [5.41, 5.74) is 3.11. The van der Waals surface area contributed by atoms with E-state index in [2.05, 4.69) is 10.3 Å². The van der Waals surface area contributed by atoms with Gasteiger partial charge in [0.15, 0.2) is 0 Å². The lowest BCUT2D eigenvalue weighted by atomic mass is 10.0. The number of amides is 3. The van der Waals surface area contributed by atoms with E-state index in [1.165, 1.54) is 0 Å². The van der Waals surface area contributed by atoms with E-state index in [-0.39, 0.29) is 23.1 Å². The highest BCUT2D eigenvalue weighted by molar-refractivity contribution is 6.35. The third-order valence-electron chi connectivity index (χ3n) is 5.92. The van der Waals surface area contributed by atoms with Crippen molar-refractivity contribution in [3.8, 4) is 0 Å². The van der Waals surface area contributed by atoms with Gasteiger partial charge in [-0.25, -0.2) is 4.90 Å². The number of benzene rings is 2. The molecule has 2 aromatic carbocycles. The Balaban J connectivity index is 1.67. The van der Waals surface area contributed by atoms with Crippen molar-refractivity contribution < 1.29 is 14.4 Å². The summed E-state index contributed by atoms with van der Waals surface area (Å²) in [6.45, 7) is 5.63. The molecule has 1 aliphatic rings. The second-order valence-corrected chi connectivity index (χ2v) is 8.05. The zero-order chi connectivity index (χ0) is 23.7. The summed E-state index contributed by atoms with van der Waals surface area (Å²) in [5, 5.41) is 2.75. The molecule has 0 aliphatic carbocycles. The molecule has 1 aromatic heterocycles. The van der Waals surface area contributed by atoms with Crippen LogP contribution >= 0.6 is 0 Å². The van der Waals surface area contributed by atoms with Crippen LogP contribution in [0.1, 0.15) is 56.9 Å². The highest BCUT2D eigenvalue weighted by Gasteiger charge is 2.41. The number of carbonyl (C=O) groups excluding carboxylic acids is 3. The van der Waals surface area contributed by atoms with E-state index < -0.39 is 23.3 Å². The molecule has 3 aromatic rings. The third-order valence-corrected chi connectivity index (χ3v) is 5.92. The van der Waals surface area contributed by atoms with E-state index in [0.717, 1.165) is 28.9 Å². The summed E-state index contributed by atoms with van der Waals surface area (Å²) >= 11 is 0. The summed E-state index contributed by atoms with van der Waals surface area (Å²) < 4.78 is 0. The number of aryl methyl sites for hydroxylation is 3. The zero-order valence-electron chi connectivity index (χ0n) is 18.8. The Bertz CT molecular complexity index is 1310. The molecule has 0 unspecified atom stereocenters. The molecule has 2 N–H and O–H groups in total. The first-order chi connectivity index (χ1) is 15.8. The Labute approximate surface area is 191 Å². The van der Waals surface area contributed by atoms with Crippen LogP contribution < -0.4 is 15.8 Å². The SMILES string of the molecule is CCc1ccc(NC(=O)Cc2c3c(c(C)[nH]c2=O)C(=O)N(c2ccc(CC)cc2)C3=O)cc1. The third kappa shape index (κ3) is 4.09. The number of H-pyrrole nitrogens is 1. The minimum absolute atomic E-state index is 0.00250. The topological polar surface area (TPSA) is 99.3 Å². The molecule has 0 saturated heterocycles. The minimum Gasteiger partial charge on any atom is -0.326 e. The fraction of sp³-hybridized carbons (Fsp3) is 0.231. The van der Waals surface area contributed by atoms with Crippen LogP contribution in [-0.2, 0) is 24.1 Å². The van der Waals surface area contributed by atoms with Crippen LogP contribution in [-0.4, -0.2) is 22.7 Å². The molecule has 2 heterocycles. The lowest BCUT2D eigenvalue weighted by molar-refractivity contribution is -0.115. The molecule has 0 radical (unpaired) electrons. The quantitative estimate of drug-likeness (QED) is 0.566. The minimum atomic E-state index is -0.594. The van der Waals surface area contributed by atoms with Crippen molar-refractivity contribution in [2.75, 3.05) is 10.2 Å². The summed E-state index contributed by atoms with van der Waals surface area (Å²) in [5.74, 6) is -1.55. The maximum atomic E-state index is 13.3. The van der Waals surface area contributed by atoms with Crippen LogP contribution in [0.15, 0.2) is 53.3 Å². The van der Waals surface area contributed by atoms with Gasteiger partial charge in [-0.05, 0) is 55.2 Å². The zero-order valence-corrected chi connectivity index (χ0v) is 18.8. The fourth-order valence-electron chi connectivity index (χ4n) is 4.05. The van der Waals surface area contributed by atoms with Crippen LogP contribution in [0.4, 0.5) is 11.4 Å². The lowest BCUT2D eigenvalue weighted by Crippen LogP contribution is -2.30. The number of carbonyl (C=O) groups is 3. The molecule has 168 valence electrons. The predicted molar refractivity (Wildman–Crippen MR) is 127 cm³/mol. The number of anilines is 2. The first kappa shape index (κ1) is 22.2. The van der Waals surface area contributed by atoms with E-state index in [0.29, 0.717) is 17.1 Å². The fourth-order valence-corrected chi connectivity index (χ4v) is 4.05. The van der Waals surface area contributed by atoms with Gasteiger partial charge in [-0.3, -0.25) is 19.2 Å². The molecular weight excluding hydrogens is 418 g/mol. The van der Waals surface area contributed by atoms with Crippen molar-refractivity contribution in [1.82, 2.24) is 4.98 Å². The Morgan fingerprint density at radius 2 is 1.39 bits per heavy atom. The van der Waals surface area contributed by atoms with Crippen LogP contribution in [0.2, 0.25) is 0 Å². The van der Waals surface area contributed by atoms with Gasteiger partial charge >= 0.3 is 0 Å². The average molecular weight is 444 g/mol. The predicted octanol–water partition coefficient (Wildman–Crippen LogP) is 3.79. The van der Waals surface area contributed by atoms with Crippen molar-refractivity contribution in [3.63, 3.8) is 0 Å². The molecule has 0 atom stereocenters. The number of aromatic amines is 1. The summed E-state index contributed by atoms with van der Waals surface area (Å²) in [4.78, 5) is 55.6. The van der Waals surface area contributed by atoms with E-state index in [9.17, 15) is 19.2 Å². The molecule has 0 bridgehead atoms. The van der Waals surface area contributed by atoms with Gasteiger partial charge in [0.05, 0.1) is 23.2 Å². The van der Waals surface area contributed by atoms with Crippen molar-refractivity contribution in [2.45, 2.75) is 40.0 Å². The molecule has 4 rings (SSSR count).